The van der Waals surface area contributed by atoms with Crippen molar-refractivity contribution in [3.8, 4) is 11.1 Å². The molecule has 28 heavy (non-hydrogen) atoms. The summed E-state index contributed by atoms with van der Waals surface area (Å²) in [6.45, 7) is 2.04. The first-order valence-corrected chi connectivity index (χ1v) is 9.99. The van der Waals surface area contributed by atoms with Crippen molar-refractivity contribution in [2.24, 2.45) is 7.05 Å². The molecule has 2 aromatic heterocycles. The van der Waals surface area contributed by atoms with Crippen LogP contribution in [0.2, 0.25) is 0 Å². The molecular weight excluding hydrogens is 351 g/mol. The molecule has 142 valence electrons. The Bertz CT molecular complexity index is 1190. The van der Waals surface area contributed by atoms with Crippen LogP contribution in [0.15, 0.2) is 36.7 Å². The lowest BCUT2D eigenvalue weighted by Crippen LogP contribution is -2.09. The van der Waals surface area contributed by atoms with E-state index in [0.29, 0.717) is 11.4 Å². The fourth-order valence-corrected chi connectivity index (χ4v) is 4.44. The monoisotopic (exact) mass is 374 g/mol. The standard InChI is InChI=1S/C23H23FN4/c1-14-8-16(10-19-13-28(2)27-21(14)19)17-9-18-12-25-23(15-6-4-3-5-7-15)26-22(18)20(24)11-17/h8-13,15H,3-7H2,1-2H3. The Kier molecular flexibility index (Phi) is 4.11. The summed E-state index contributed by atoms with van der Waals surface area (Å²) in [7, 11) is 1.91. The van der Waals surface area contributed by atoms with E-state index in [1.165, 1.54) is 19.3 Å². The molecule has 0 atom stereocenters. The van der Waals surface area contributed by atoms with E-state index < -0.39 is 0 Å². The molecule has 0 amide bonds. The molecule has 0 unspecified atom stereocenters. The number of benzene rings is 2. The highest BCUT2D eigenvalue weighted by Crippen LogP contribution is 2.33. The smallest absolute Gasteiger partial charge is 0.150 e. The van der Waals surface area contributed by atoms with Gasteiger partial charge in [0.05, 0.1) is 5.52 Å². The van der Waals surface area contributed by atoms with Gasteiger partial charge in [-0.15, -0.1) is 0 Å². The second-order valence-electron chi connectivity index (χ2n) is 7.99. The number of halogens is 1. The Morgan fingerprint density at radius 2 is 1.71 bits per heavy atom. The number of fused-ring (bicyclic) bond motifs is 2. The van der Waals surface area contributed by atoms with Gasteiger partial charge in [0.1, 0.15) is 17.2 Å². The summed E-state index contributed by atoms with van der Waals surface area (Å²) in [4.78, 5) is 9.19. The van der Waals surface area contributed by atoms with Gasteiger partial charge in [-0.3, -0.25) is 4.68 Å². The number of hydrogen-bond donors (Lipinski definition) is 0. The zero-order valence-electron chi connectivity index (χ0n) is 16.2. The van der Waals surface area contributed by atoms with Gasteiger partial charge in [0.25, 0.3) is 0 Å². The van der Waals surface area contributed by atoms with E-state index >= 15 is 0 Å². The molecule has 0 bridgehead atoms. The van der Waals surface area contributed by atoms with Crippen LogP contribution in [0.1, 0.15) is 49.4 Å². The molecule has 1 saturated carbocycles. The van der Waals surface area contributed by atoms with Crippen LogP contribution in [0, 0.1) is 12.7 Å². The Balaban J connectivity index is 1.59. The van der Waals surface area contributed by atoms with Crippen LogP contribution in [0.25, 0.3) is 32.9 Å². The van der Waals surface area contributed by atoms with Crippen molar-refractivity contribution in [3.63, 3.8) is 0 Å². The predicted octanol–water partition coefficient (Wildman–Crippen LogP) is 5.68. The first kappa shape index (κ1) is 17.3. The van der Waals surface area contributed by atoms with Crippen LogP contribution in [0.4, 0.5) is 4.39 Å². The Labute approximate surface area is 163 Å². The van der Waals surface area contributed by atoms with Crippen molar-refractivity contribution in [2.45, 2.75) is 44.9 Å². The maximum absolute atomic E-state index is 15.0. The van der Waals surface area contributed by atoms with E-state index in [4.69, 9.17) is 0 Å². The van der Waals surface area contributed by atoms with Crippen molar-refractivity contribution in [1.29, 1.82) is 0 Å². The topological polar surface area (TPSA) is 43.6 Å². The molecule has 0 aliphatic heterocycles. The molecule has 1 aliphatic rings. The van der Waals surface area contributed by atoms with Gasteiger partial charge in [-0.1, -0.05) is 19.3 Å². The normalized spacial score (nSPS) is 15.5. The zero-order valence-corrected chi connectivity index (χ0v) is 16.2. The number of nitrogens with zero attached hydrogens (tertiary/aromatic N) is 4. The number of rotatable bonds is 2. The summed E-state index contributed by atoms with van der Waals surface area (Å²) in [5.41, 5.74) is 4.31. The third-order valence-corrected chi connectivity index (χ3v) is 5.87. The number of aromatic nitrogens is 4. The fraction of sp³-hybridized carbons (Fsp3) is 0.348. The van der Waals surface area contributed by atoms with Crippen molar-refractivity contribution in [2.75, 3.05) is 0 Å². The SMILES string of the molecule is Cc1cc(-c2cc(F)c3nc(C4CCCCC4)ncc3c2)cc2cn(C)nc12. The molecule has 0 saturated heterocycles. The largest absolute Gasteiger partial charge is 0.275 e. The van der Waals surface area contributed by atoms with Gasteiger partial charge in [-0.25, -0.2) is 14.4 Å². The minimum Gasteiger partial charge on any atom is -0.275 e. The highest BCUT2D eigenvalue weighted by atomic mass is 19.1. The lowest BCUT2D eigenvalue weighted by molar-refractivity contribution is 0.429. The average Bonchev–Trinajstić information content (AvgIpc) is 3.09. The highest BCUT2D eigenvalue weighted by Gasteiger charge is 2.19. The summed E-state index contributed by atoms with van der Waals surface area (Å²) in [5, 5.41) is 6.30. The number of aryl methyl sites for hydroxylation is 2. The minimum atomic E-state index is -0.282. The summed E-state index contributed by atoms with van der Waals surface area (Å²) in [6, 6.07) is 7.71. The molecule has 1 aliphatic carbocycles. The molecule has 4 aromatic rings. The van der Waals surface area contributed by atoms with Gasteiger partial charge >= 0.3 is 0 Å². The van der Waals surface area contributed by atoms with Crippen molar-refractivity contribution in [1.82, 2.24) is 19.7 Å². The molecule has 0 spiro atoms. The maximum Gasteiger partial charge on any atom is 0.150 e. The molecule has 0 N–H and O–H groups in total. The summed E-state index contributed by atoms with van der Waals surface area (Å²) < 4.78 is 16.8. The number of hydrogen-bond acceptors (Lipinski definition) is 3. The second kappa shape index (κ2) is 6.66. The van der Waals surface area contributed by atoms with Gasteiger partial charge in [-0.05, 0) is 60.7 Å². The minimum absolute atomic E-state index is 0.282. The Morgan fingerprint density at radius 1 is 0.964 bits per heavy atom. The lowest BCUT2D eigenvalue weighted by Gasteiger charge is -2.20. The Hall–Kier alpha value is -2.82. The van der Waals surface area contributed by atoms with Crippen molar-refractivity contribution < 1.29 is 4.39 Å². The van der Waals surface area contributed by atoms with Crippen LogP contribution in [0.5, 0.6) is 0 Å². The van der Waals surface area contributed by atoms with Gasteiger partial charge in [-0.2, -0.15) is 5.10 Å². The quantitative estimate of drug-likeness (QED) is 0.453. The zero-order chi connectivity index (χ0) is 19.3. The van der Waals surface area contributed by atoms with E-state index in [9.17, 15) is 4.39 Å². The molecule has 4 nitrogen and oxygen atoms in total. The van der Waals surface area contributed by atoms with E-state index in [0.717, 1.165) is 51.6 Å². The second-order valence-corrected chi connectivity index (χ2v) is 7.99. The summed E-state index contributed by atoms with van der Waals surface area (Å²) in [6.07, 6.45) is 9.69. The van der Waals surface area contributed by atoms with Crippen molar-refractivity contribution >= 4 is 21.8 Å². The Morgan fingerprint density at radius 3 is 2.54 bits per heavy atom. The fourth-order valence-electron chi connectivity index (χ4n) is 4.44. The van der Waals surface area contributed by atoms with Crippen LogP contribution in [-0.2, 0) is 7.05 Å². The van der Waals surface area contributed by atoms with E-state index in [2.05, 4.69) is 27.2 Å². The lowest BCUT2D eigenvalue weighted by atomic mass is 9.88. The highest BCUT2D eigenvalue weighted by molar-refractivity contribution is 5.90. The summed E-state index contributed by atoms with van der Waals surface area (Å²) >= 11 is 0. The van der Waals surface area contributed by atoms with E-state index in [1.807, 2.05) is 30.9 Å². The first-order chi connectivity index (χ1) is 13.6. The molecule has 2 aromatic carbocycles. The molecule has 5 rings (SSSR count). The van der Waals surface area contributed by atoms with Gasteiger partial charge in [0.15, 0.2) is 0 Å². The molecule has 2 heterocycles. The van der Waals surface area contributed by atoms with E-state index in [-0.39, 0.29) is 5.82 Å². The van der Waals surface area contributed by atoms with Crippen LogP contribution in [-0.4, -0.2) is 19.7 Å². The molecule has 0 radical (unpaired) electrons. The molecule has 1 fully saturated rings. The van der Waals surface area contributed by atoms with E-state index in [1.54, 1.807) is 12.3 Å². The van der Waals surface area contributed by atoms with Gasteiger partial charge in [0, 0.05) is 36.1 Å². The van der Waals surface area contributed by atoms with Crippen LogP contribution < -0.4 is 0 Å². The molecule has 5 heteroatoms. The van der Waals surface area contributed by atoms with Crippen molar-refractivity contribution in [3.05, 3.63) is 53.9 Å². The maximum atomic E-state index is 15.0. The van der Waals surface area contributed by atoms with Gasteiger partial charge in [0.2, 0.25) is 0 Å². The average molecular weight is 374 g/mol. The van der Waals surface area contributed by atoms with Crippen LogP contribution >= 0.6 is 0 Å². The predicted molar refractivity (Wildman–Crippen MR) is 110 cm³/mol. The third kappa shape index (κ3) is 2.95. The van der Waals surface area contributed by atoms with Gasteiger partial charge < -0.3 is 0 Å². The molecular formula is C23H23FN4. The summed E-state index contributed by atoms with van der Waals surface area (Å²) in [5.74, 6) is 0.884. The third-order valence-electron chi connectivity index (χ3n) is 5.87. The van der Waals surface area contributed by atoms with Crippen LogP contribution in [0.3, 0.4) is 0 Å². The first-order valence-electron chi connectivity index (χ1n) is 9.99.